The van der Waals surface area contributed by atoms with Gasteiger partial charge in [0, 0.05) is 48.7 Å². The van der Waals surface area contributed by atoms with Crippen LogP contribution in [0.5, 0.6) is 0 Å². The first-order valence-corrected chi connectivity index (χ1v) is 10.1. The van der Waals surface area contributed by atoms with E-state index >= 15 is 0 Å². The SMILES string of the molecule is O=C(N[C@H]1CCN(c2nccn3cccc23)C1)c1csc(-c2ccccc2)n1. The Morgan fingerprint density at radius 2 is 2.04 bits per heavy atom. The van der Waals surface area contributed by atoms with Crippen molar-refractivity contribution in [3.8, 4) is 10.6 Å². The zero-order valence-electron chi connectivity index (χ0n) is 15.2. The molecule has 0 bridgehead atoms. The molecule has 140 valence electrons. The lowest BCUT2D eigenvalue weighted by molar-refractivity contribution is 0.0936. The Balaban J connectivity index is 1.27. The van der Waals surface area contributed by atoms with Crippen LogP contribution in [0.3, 0.4) is 0 Å². The lowest BCUT2D eigenvalue weighted by atomic mass is 10.2. The average molecular weight is 389 g/mol. The highest BCUT2D eigenvalue weighted by atomic mass is 32.1. The summed E-state index contributed by atoms with van der Waals surface area (Å²) >= 11 is 1.49. The molecule has 1 amide bonds. The quantitative estimate of drug-likeness (QED) is 0.581. The van der Waals surface area contributed by atoms with Crippen LogP contribution < -0.4 is 10.2 Å². The van der Waals surface area contributed by atoms with Gasteiger partial charge in [0.25, 0.3) is 5.91 Å². The lowest BCUT2D eigenvalue weighted by Gasteiger charge is -2.18. The Morgan fingerprint density at radius 1 is 1.14 bits per heavy atom. The van der Waals surface area contributed by atoms with Crippen LogP contribution in [0.25, 0.3) is 16.1 Å². The van der Waals surface area contributed by atoms with Gasteiger partial charge in [0.05, 0.1) is 5.52 Å². The first-order chi connectivity index (χ1) is 13.8. The minimum Gasteiger partial charge on any atom is -0.353 e. The van der Waals surface area contributed by atoms with Crippen molar-refractivity contribution in [2.45, 2.75) is 12.5 Å². The molecular formula is C21H19N5OS. The molecule has 0 spiro atoms. The van der Waals surface area contributed by atoms with E-state index in [4.69, 9.17) is 0 Å². The van der Waals surface area contributed by atoms with Gasteiger partial charge >= 0.3 is 0 Å². The summed E-state index contributed by atoms with van der Waals surface area (Å²) in [6, 6.07) is 14.1. The second kappa shape index (κ2) is 7.09. The van der Waals surface area contributed by atoms with Gasteiger partial charge in [-0.25, -0.2) is 9.97 Å². The molecule has 1 atom stereocenters. The van der Waals surface area contributed by atoms with E-state index in [2.05, 4.69) is 30.7 Å². The summed E-state index contributed by atoms with van der Waals surface area (Å²) in [5, 5.41) is 5.82. The van der Waals surface area contributed by atoms with Gasteiger partial charge in [-0.2, -0.15) is 0 Å². The van der Waals surface area contributed by atoms with Crippen LogP contribution in [0, 0.1) is 0 Å². The highest BCUT2D eigenvalue weighted by Crippen LogP contribution is 2.25. The maximum absolute atomic E-state index is 12.7. The summed E-state index contributed by atoms with van der Waals surface area (Å²) in [6.45, 7) is 1.62. The molecule has 1 aliphatic heterocycles. The zero-order chi connectivity index (χ0) is 18.9. The van der Waals surface area contributed by atoms with Crippen molar-refractivity contribution in [3.05, 3.63) is 72.1 Å². The summed E-state index contributed by atoms with van der Waals surface area (Å²) in [5.41, 5.74) is 2.60. The van der Waals surface area contributed by atoms with Crippen molar-refractivity contribution in [1.29, 1.82) is 0 Å². The van der Waals surface area contributed by atoms with Crippen LogP contribution in [0.2, 0.25) is 0 Å². The molecule has 4 aromatic rings. The van der Waals surface area contributed by atoms with E-state index in [1.165, 1.54) is 11.3 Å². The smallest absolute Gasteiger partial charge is 0.271 e. The Kier molecular flexibility index (Phi) is 4.29. The number of anilines is 1. The number of nitrogens with zero attached hydrogens (tertiary/aromatic N) is 4. The van der Waals surface area contributed by atoms with Crippen LogP contribution in [-0.2, 0) is 0 Å². The first-order valence-electron chi connectivity index (χ1n) is 9.26. The normalized spacial score (nSPS) is 16.6. The van der Waals surface area contributed by atoms with Gasteiger partial charge < -0.3 is 14.6 Å². The second-order valence-electron chi connectivity index (χ2n) is 6.86. The topological polar surface area (TPSA) is 62.5 Å². The number of carbonyl (C=O) groups is 1. The predicted octanol–water partition coefficient (Wildman–Crippen LogP) is 3.47. The summed E-state index contributed by atoms with van der Waals surface area (Å²) in [5.74, 6) is 0.850. The summed E-state index contributed by atoms with van der Waals surface area (Å²) in [7, 11) is 0. The van der Waals surface area contributed by atoms with Gasteiger partial charge in [0.2, 0.25) is 0 Å². The number of thiazole rings is 1. The third-order valence-electron chi connectivity index (χ3n) is 5.01. The number of rotatable bonds is 4. The van der Waals surface area contributed by atoms with E-state index in [0.29, 0.717) is 5.69 Å². The van der Waals surface area contributed by atoms with E-state index in [1.54, 1.807) is 0 Å². The molecule has 6 nitrogen and oxygen atoms in total. The third-order valence-corrected chi connectivity index (χ3v) is 5.90. The second-order valence-corrected chi connectivity index (χ2v) is 7.72. The van der Waals surface area contributed by atoms with Gasteiger partial charge in [-0.3, -0.25) is 4.79 Å². The Hall–Kier alpha value is -3.19. The standard InChI is InChI=1S/C21H19N5OS/c27-20(17-14-28-21(24-17)15-5-2-1-3-6-15)23-16-8-11-26(13-16)19-18-7-4-10-25(18)12-9-22-19/h1-7,9-10,12,14,16H,8,11,13H2,(H,23,27)/t16-/m0/s1. The van der Waals surface area contributed by atoms with Crippen LogP contribution in [0.4, 0.5) is 5.82 Å². The molecule has 0 saturated carbocycles. The molecular weight excluding hydrogens is 370 g/mol. The first kappa shape index (κ1) is 16.9. The maximum Gasteiger partial charge on any atom is 0.271 e. The molecule has 0 aliphatic carbocycles. The van der Waals surface area contributed by atoms with Crippen molar-refractivity contribution in [3.63, 3.8) is 0 Å². The highest BCUT2D eigenvalue weighted by molar-refractivity contribution is 7.13. The van der Waals surface area contributed by atoms with Crippen LogP contribution in [0.15, 0.2) is 66.4 Å². The van der Waals surface area contributed by atoms with E-state index < -0.39 is 0 Å². The number of nitrogens with one attached hydrogen (secondary N) is 1. The lowest BCUT2D eigenvalue weighted by Crippen LogP contribution is -2.37. The maximum atomic E-state index is 12.7. The van der Waals surface area contributed by atoms with Gasteiger partial charge in [-0.15, -0.1) is 11.3 Å². The Labute approximate surface area is 166 Å². The molecule has 1 saturated heterocycles. The van der Waals surface area contributed by atoms with Gasteiger partial charge in [0.1, 0.15) is 10.7 Å². The fraction of sp³-hybridized carbons (Fsp3) is 0.190. The largest absolute Gasteiger partial charge is 0.353 e. The fourth-order valence-electron chi connectivity index (χ4n) is 3.62. The number of aromatic nitrogens is 3. The Morgan fingerprint density at radius 3 is 2.93 bits per heavy atom. The number of hydrogen-bond acceptors (Lipinski definition) is 5. The fourth-order valence-corrected chi connectivity index (χ4v) is 4.43. The van der Waals surface area contributed by atoms with E-state index in [-0.39, 0.29) is 11.9 Å². The van der Waals surface area contributed by atoms with Crippen LogP contribution >= 0.6 is 11.3 Å². The van der Waals surface area contributed by atoms with Crippen LogP contribution in [-0.4, -0.2) is 39.4 Å². The number of fused-ring (bicyclic) bond motifs is 1. The zero-order valence-corrected chi connectivity index (χ0v) is 16.0. The van der Waals surface area contributed by atoms with Gasteiger partial charge in [0.15, 0.2) is 5.82 Å². The third kappa shape index (κ3) is 3.14. The summed E-state index contributed by atoms with van der Waals surface area (Å²) < 4.78 is 2.06. The molecule has 1 aromatic carbocycles. The predicted molar refractivity (Wildman–Crippen MR) is 111 cm³/mol. The number of amides is 1. The average Bonchev–Trinajstić information content (AvgIpc) is 3.48. The molecule has 1 aliphatic rings. The van der Waals surface area contributed by atoms with Crippen molar-refractivity contribution in [2.24, 2.45) is 0 Å². The number of benzene rings is 1. The molecule has 28 heavy (non-hydrogen) atoms. The monoisotopic (exact) mass is 389 g/mol. The van der Waals surface area contributed by atoms with Crippen molar-refractivity contribution in [1.82, 2.24) is 19.7 Å². The molecule has 0 radical (unpaired) electrons. The molecule has 1 N–H and O–H groups in total. The number of carbonyl (C=O) groups excluding carboxylic acids is 1. The molecule has 7 heteroatoms. The Bertz CT molecular complexity index is 1120. The summed E-state index contributed by atoms with van der Waals surface area (Å²) in [6.07, 6.45) is 6.67. The van der Waals surface area contributed by atoms with E-state index in [1.807, 2.05) is 60.4 Å². The van der Waals surface area contributed by atoms with Gasteiger partial charge in [-0.1, -0.05) is 30.3 Å². The molecule has 1 fully saturated rings. The molecule has 3 aromatic heterocycles. The number of hydrogen-bond donors (Lipinski definition) is 1. The van der Waals surface area contributed by atoms with Crippen molar-refractivity contribution in [2.75, 3.05) is 18.0 Å². The minimum absolute atomic E-state index is 0.0893. The van der Waals surface area contributed by atoms with Crippen LogP contribution in [0.1, 0.15) is 16.9 Å². The minimum atomic E-state index is -0.112. The molecule has 4 heterocycles. The molecule has 0 unspecified atom stereocenters. The van der Waals surface area contributed by atoms with E-state index in [0.717, 1.165) is 41.4 Å². The highest BCUT2D eigenvalue weighted by Gasteiger charge is 2.27. The van der Waals surface area contributed by atoms with Crippen molar-refractivity contribution >= 4 is 28.6 Å². The van der Waals surface area contributed by atoms with Gasteiger partial charge in [-0.05, 0) is 18.6 Å². The van der Waals surface area contributed by atoms with Crippen molar-refractivity contribution < 1.29 is 4.79 Å². The van der Waals surface area contributed by atoms with E-state index in [9.17, 15) is 4.79 Å². The molecule has 5 rings (SSSR count). The summed E-state index contributed by atoms with van der Waals surface area (Å²) in [4.78, 5) is 23.9.